The van der Waals surface area contributed by atoms with E-state index in [4.69, 9.17) is 0 Å². The molecular weight excluding hydrogens is 282 g/mol. The molecule has 0 aliphatic carbocycles. The Bertz CT molecular complexity index is 704. The molecule has 0 radical (unpaired) electrons. The zero-order chi connectivity index (χ0) is 17.0. The second kappa shape index (κ2) is 7.32. The monoisotopic (exact) mass is 309 g/mol. The minimum Gasteiger partial charge on any atom is -0.366 e. The van der Waals surface area contributed by atoms with Gasteiger partial charge in [0.25, 0.3) is 0 Å². The van der Waals surface area contributed by atoms with E-state index in [1.54, 1.807) is 0 Å². The van der Waals surface area contributed by atoms with Gasteiger partial charge in [-0.25, -0.2) is 4.99 Å². The molecule has 0 saturated heterocycles. The molecule has 0 aliphatic rings. The molecule has 0 aliphatic heterocycles. The Kier molecular flexibility index (Phi) is 5.43. The number of nitrogens with zero attached hydrogens (tertiary/aromatic N) is 3. The average Bonchev–Trinajstić information content (AvgIpc) is 2.54. The molecule has 0 heterocycles. The first kappa shape index (κ1) is 17.1. The third-order valence-corrected chi connectivity index (χ3v) is 4.25. The van der Waals surface area contributed by atoms with Crippen molar-refractivity contribution in [1.29, 1.82) is 0 Å². The summed E-state index contributed by atoms with van der Waals surface area (Å²) in [6, 6.07) is 12.9. The van der Waals surface area contributed by atoms with E-state index in [1.807, 2.05) is 13.4 Å². The van der Waals surface area contributed by atoms with Crippen LogP contribution in [-0.2, 0) is 0 Å². The lowest BCUT2D eigenvalue weighted by Gasteiger charge is -2.24. The molecule has 0 bridgehead atoms. The first-order valence-corrected chi connectivity index (χ1v) is 8.09. The molecule has 23 heavy (non-hydrogen) atoms. The number of para-hydroxylation sites is 1. The van der Waals surface area contributed by atoms with Gasteiger partial charge in [0, 0.05) is 32.0 Å². The molecule has 0 aromatic heterocycles. The van der Waals surface area contributed by atoms with Gasteiger partial charge in [0.05, 0.1) is 12.0 Å². The second-order valence-corrected chi connectivity index (χ2v) is 6.09. The summed E-state index contributed by atoms with van der Waals surface area (Å²) in [5.74, 6) is 0. The smallest absolute Gasteiger partial charge is 0.0909 e. The van der Waals surface area contributed by atoms with Crippen molar-refractivity contribution in [2.45, 2.75) is 27.7 Å². The minimum absolute atomic E-state index is 0.954. The van der Waals surface area contributed by atoms with E-state index in [0.29, 0.717) is 0 Å². The van der Waals surface area contributed by atoms with Crippen molar-refractivity contribution >= 4 is 23.4 Å². The maximum atomic E-state index is 4.61. The Morgan fingerprint density at radius 1 is 0.913 bits per heavy atom. The molecule has 0 amide bonds. The van der Waals surface area contributed by atoms with Crippen molar-refractivity contribution in [3.8, 4) is 0 Å². The molecule has 2 aromatic rings. The number of benzene rings is 2. The van der Waals surface area contributed by atoms with Crippen LogP contribution >= 0.6 is 0 Å². The van der Waals surface area contributed by atoms with Gasteiger partial charge in [-0.3, -0.25) is 0 Å². The molecule has 0 unspecified atom stereocenters. The van der Waals surface area contributed by atoms with Crippen LogP contribution in [0.25, 0.3) is 0 Å². The van der Waals surface area contributed by atoms with Crippen molar-refractivity contribution < 1.29 is 0 Å². The van der Waals surface area contributed by atoms with Gasteiger partial charge in [-0.05, 0) is 62.6 Å². The van der Waals surface area contributed by atoms with Crippen molar-refractivity contribution in [2.24, 2.45) is 4.99 Å². The molecule has 3 heteroatoms. The van der Waals surface area contributed by atoms with Crippen molar-refractivity contribution in [1.82, 2.24) is 4.90 Å². The standard InChI is InChI=1S/C20H27N3/c1-7-22(5)14-21-18-12-17(4)20(13-16(18)3)23(6)19-11-9-8-10-15(19)2/h8-14H,7H2,1-6H3. The van der Waals surface area contributed by atoms with E-state index in [0.717, 1.165) is 12.2 Å². The van der Waals surface area contributed by atoms with E-state index < -0.39 is 0 Å². The topological polar surface area (TPSA) is 18.8 Å². The van der Waals surface area contributed by atoms with E-state index in [9.17, 15) is 0 Å². The summed E-state index contributed by atoms with van der Waals surface area (Å²) in [7, 11) is 4.16. The van der Waals surface area contributed by atoms with E-state index >= 15 is 0 Å². The normalized spacial score (nSPS) is 11.0. The number of hydrogen-bond acceptors (Lipinski definition) is 2. The Labute approximate surface area is 140 Å². The lowest BCUT2D eigenvalue weighted by Crippen LogP contribution is -2.14. The molecule has 2 aromatic carbocycles. The second-order valence-electron chi connectivity index (χ2n) is 6.09. The summed E-state index contributed by atoms with van der Waals surface area (Å²) in [4.78, 5) is 8.94. The SMILES string of the molecule is CCN(C)C=Nc1cc(C)c(N(C)c2ccccc2C)cc1C. The van der Waals surface area contributed by atoms with Gasteiger partial charge in [0.2, 0.25) is 0 Å². The Hall–Kier alpha value is -2.29. The molecule has 122 valence electrons. The fourth-order valence-corrected chi connectivity index (χ4v) is 2.60. The Balaban J connectivity index is 2.37. The zero-order valence-electron chi connectivity index (χ0n) is 15.1. The molecule has 0 atom stereocenters. The predicted molar refractivity (Wildman–Crippen MR) is 102 cm³/mol. The number of hydrogen-bond donors (Lipinski definition) is 0. The highest BCUT2D eigenvalue weighted by Crippen LogP contribution is 2.33. The van der Waals surface area contributed by atoms with Gasteiger partial charge in [-0.2, -0.15) is 0 Å². The molecule has 2 rings (SSSR count). The largest absolute Gasteiger partial charge is 0.366 e. The maximum absolute atomic E-state index is 4.61. The van der Waals surface area contributed by atoms with Crippen molar-refractivity contribution in [3.05, 3.63) is 53.1 Å². The van der Waals surface area contributed by atoms with Crippen LogP contribution < -0.4 is 4.90 Å². The third-order valence-electron chi connectivity index (χ3n) is 4.25. The van der Waals surface area contributed by atoms with Crippen LogP contribution in [0, 0.1) is 20.8 Å². The van der Waals surface area contributed by atoms with Crippen LogP contribution in [0.15, 0.2) is 41.4 Å². The molecule has 0 spiro atoms. The Morgan fingerprint density at radius 3 is 2.26 bits per heavy atom. The molecule has 0 saturated carbocycles. The minimum atomic E-state index is 0.954. The number of aliphatic imine (C=N–C) groups is 1. The number of aryl methyl sites for hydroxylation is 3. The molecule has 3 nitrogen and oxygen atoms in total. The average molecular weight is 309 g/mol. The lowest BCUT2D eigenvalue weighted by molar-refractivity contribution is 0.552. The summed E-state index contributed by atoms with van der Waals surface area (Å²) in [6.07, 6.45) is 1.90. The summed E-state index contributed by atoms with van der Waals surface area (Å²) in [5, 5.41) is 0. The first-order valence-electron chi connectivity index (χ1n) is 8.09. The van der Waals surface area contributed by atoms with Crippen LogP contribution in [0.4, 0.5) is 17.1 Å². The number of rotatable bonds is 5. The maximum Gasteiger partial charge on any atom is 0.0909 e. The van der Waals surface area contributed by atoms with Gasteiger partial charge in [-0.1, -0.05) is 18.2 Å². The van der Waals surface area contributed by atoms with Crippen LogP contribution in [0.5, 0.6) is 0 Å². The summed E-state index contributed by atoms with van der Waals surface area (Å²) in [5.41, 5.74) is 7.18. The van der Waals surface area contributed by atoms with Gasteiger partial charge in [0.1, 0.15) is 0 Å². The van der Waals surface area contributed by atoms with Crippen LogP contribution in [0.3, 0.4) is 0 Å². The van der Waals surface area contributed by atoms with Crippen LogP contribution in [-0.4, -0.2) is 31.9 Å². The summed E-state index contributed by atoms with van der Waals surface area (Å²) >= 11 is 0. The van der Waals surface area contributed by atoms with E-state index in [-0.39, 0.29) is 0 Å². The van der Waals surface area contributed by atoms with Crippen LogP contribution in [0.2, 0.25) is 0 Å². The molecular formula is C20H27N3. The highest BCUT2D eigenvalue weighted by molar-refractivity contribution is 5.73. The number of anilines is 2. The van der Waals surface area contributed by atoms with Crippen molar-refractivity contribution in [2.75, 3.05) is 25.5 Å². The van der Waals surface area contributed by atoms with Gasteiger partial charge in [0.15, 0.2) is 0 Å². The van der Waals surface area contributed by atoms with E-state index in [2.05, 4.69) is 85.9 Å². The lowest BCUT2D eigenvalue weighted by atomic mass is 10.1. The third kappa shape index (κ3) is 3.92. The molecule has 0 N–H and O–H groups in total. The summed E-state index contributed by atoms with van der Waals surface area (Å²) < 4.78 is 0. The fourth-order valence-electron chi connectivity index (χ4n) is 2.60. The Morgan fingerprint density at radius 2 is 1.61 bits per heavy atom. The van der Waals surface area contributed by atoms with Gasteiger partial charge < -0.3 is 9.80 Å². The predicted octanol–water partition coefficient (Wildman–Crippen LogP) is 4.99. The highest BCUT2D eigenvalue weighted by atomic mass is 15.1. The van der Waals surface area contributed by atoms with Crippen LogP contribution in [0.1, 0.15) is 23.6 Å². The highest BCUT2D eigenvalue weighted by Gasteiger charge is 2.11. The first-order chi connectivity index (χ1) is 10.9. The zero-order valence-corrected chi connectivity index (χ0v) is 15.1. The molecule has 0 fully saturated rings. The van der Waals surface area contributed by atoms with Crippen molar-refractivity contribution in [3.63, 3.8) is 0 Å². The van der Waals surface area contributed by atoms with E-state index in [1.165, 1.54) is 28.1 Å². The fraction of sp³-hybridized carbons (Fsp3) is 0.350. The quantitative estimate of drug-likeness (QED) is 0.572. The summed E-state index contributed by atoms with van der Waals surface area (Å²) in [6.45, 7) is 9.48. The van der Waals surface area contributed by atoms with Gasteiger partial charge in [-0.15, -0.1) is 0 Å². The van der Waals surface area contributed by atoms with Gasteiger partial charge >= 0.3 is 0 Å².